The third-order valence-corrected chi connectivity index (χ3v) is 2.15. The van der Waals surface area contributed by atoms with Crippen LogP contribution >= 0.6 is 12.2 Å². The van der Waals surface area contributed by atoms with Crippen molar-refractivity contribution >= 4 is 12.2 Å². The molecular formula is C9H13NOS. The van der Waals surface area contributed by atoms with Crippen LogP contribution in [0.1, 0.15) is 30.6 Å². The standard InChI is InChI=1S/C9H13NOS/c1-3-8(11)7-5-10-9(12)4-6(7)2/h4-5,8,11H,3H2,1-2H3,(H,10,12). The lowest BCUT2D eigenvalue weighted by Gasteiger charge is -2.10. The van der Waals surface area contributed by atoms with Crippen molar-refractivity contribution in [2.24, 2.45) is 0 Å². The van der Waals surface area contributed by atoms with Crippen LogP contribution in [0.15, 0.2) is 12.3 Å². The Morgan fingerprint density at radius 2 is 2.33 bits per heavy atom. The maximum atomic E-state index is 9.55. The Morgan fingerprint density at radius 1 is 1.67 bits per heavy atom. The van der Waals surface area contributed by atoms with E-state index < -0.39 is 0 Å². The third-order valence-electron chi connectivity index (χ3n) is 1.92. The molecule has 0 aliphatic heterocycles. The Labute approximate surface area is 77.3 Å². The van der Waals surface area contributed by atoms with E-state index >= 15 is 0 Å². The molecule has 1 aromatic heterocycles. The van der Waals surface area contributed by atoms with Crippen molar-refractivity contribution in [2.45, 2.75) is 26.4 Å². The van der Waals surface area contributed by atoms with Crippen LogP contribution in [0.3, 0.4) is 0 Å². The Kier molecular flexibility index (Phi) is 3.00. The van der Waals surface area contributed by atoms with Crippen LogP contribution in [0.4, 0.5) is 0 Å². The molecule has 0 bridgehead atoms. The number of aliphatic hydroxyl groups excluding tert-OH is 1. The van der Waals surface area contributed by atoms with Gasteiger partial charge in [-0.3, -0.25) is 0 Å². The van der Waals surface area contributed by atoms with Gasteiger partial charge in [-0.05, 0) is 30.5 Å². The van der Waals surface area contributed by atoms with Crippen LogP contribution < -0.4 is 0 Å². The second-order valence-electron chi connectivity index (χ2n) is 2.86. The summed E-state index contributed by atoms with van der Waals surface area (Å²) in [7, 11) is 0. The molecule has 0 aliphatic carbocycles. The maximum absolute atomic E-state index is 9.55. The smallest absolute Gasteiger partial charge is 0.103 e. The van der Waals surface area contributed by atoms with E-state index in [-0.39, 0.29) is 6.10 Å². The predicted octanol–water partition coefficient (Wildman–Crippen LogP) is 2.50. The lowest BCUT2D eigenvalue weighted by Crippen LogP contribution is -1.98. The Bertz CT molecular complexity index is 319. The van der Waals surface area contributed by atoms with Crippen molar-refractivity contribution in [1.29, 1.82) is 0 Å². The van der Waals surface area contributed by atoms with Gasteiger partial charge in [-0.1, -0.05) is 19.1 Å². The van der Waals surface area contributed by atoms with E-state index in [0.717, 1.165) is 17.5 Å². The summed E-state index contributed by atoms with van der Waals surface area (Å²) in [5, 5.41) is 9.55. The molecule has 0 aromatic carbocycles. The summed E-state index contributed by atoms with van der Waals surface area (Å²) in [4.78, 5) is 2.91. The van der Waals surface area contributed by atoms with Gasteiger partial charge in [0.2, 0.25) is 0 Å². The minimum absolute atomic E-state index is 0.378. The monoisotopic (exact) mass is 183 g/mol. The molecular weight excluding hydrogens is 170 g/mol. The molecule has 0 fully saturated rings. The van der Waals surface area contributed by atoms with Crippen molar-refractivity contribution in [3.05, 3.63) is 28.0 Å². The van der Waals surface area contributed by atoms with E-state index in [1.807, 2.05) is 19.9 Å². The predicted molar refractivity (Wildman–Crippen MR) is 51.6 cm³/mol. The molecule has 0 aliphatic rings. The van der Waals surface area contributed by atoms with E-state index in [9.17, 15) is 5.11 Å². The molecule has 1 rings (SSSR count). The number of nitrogens with one attached hydrogen (secondary N) is 1. The largest absolute Gasteiger partial charge is 0.388 e. The minimum atomic E-state index is -0.378. The van der Waals surface area contributed by atoms with Gasteiger partial charge in [0.1, 0.15) is 4.64 Å². The number of aryl methyl sites for hydroxylation is 1. The fourth-order valence-corrected chi connectivity index (χ4v) is 1.40. The van der Waals surface area contributed by atoms with Crippen LogP contribution in [0, 0.1) is 11.6 Å². The van der Waals surface area contributed by atoms with Gasteiger partial charge in [-0.15, -0.1) is 0 Å². The molecule has 66 valence electrons. The molecule has 0 saturated carbocycles. The average Bonchev–Trinajstić information content (AvgIpc) is 2.03. The second-order valence-corrected chi connectivity index (χ2v) is 3.30. The normalized spacial score (nSPS) is 12.9. The van der Waals surface area contributed by atoms with Gasteiger partial charge in [0.15, 0.2) is 0 Å². The third kappa shape index (κ3) is 1.93. The molecule has 1 atom stereocenters. The molecule has 1 heterocycles. The van der Waals surface area contributed by atoms with Gasteiger partial charge in [-0.25, -0.2) is 0 Å². The molecule has 3 heteroatoms. The van der Waals surface area contributed by atoms with Crippen LogP contribution in [-0.2, 0) is 0 Å². The molecule has 12 heavy (non-hydrogen) atoms. The van der Waals surface area contributed by atoms with E-state index in [1.165, 1.54) is 0 Å². The fraction of sp³-hybridized carbons (Fsp3) is 0.444. The Hall–Kier alpha value is -0.670. The first-order valence-electron chi connectivity index (χ1n) is 4.02. The number of aromatic amines is 1. The zero-order valence-corrected chi connectivity index (χ0v) is 8.11. The molecule has 0 radical (unpaired) electrons. The van der Waals surface area contributed by atoms with E-state index in [4.69, 9.17) is 12.2 Å². The van der Waals surface area contributed by atoms with E-state index in [0.29, 0.717) is 4.64 Å². The summed E-state index contributed by atoms with van der Waals surface area (Å²) < 4.78 is 0.708. The van der Waals surface area contributed by atoms with Crippen molar-refractivity contribution in [3.63, 3.8) is 0 Å². The maximum Gasteiger partial charge on any atom is 0.103 e. The molecule has 1 unspecified atom stereocenters. The number of rotatable bonds is 2. The van der Waals surface area contributed by atoms with Crippen molar-refractivity contribution < 1.29 is 5.11 Å². The van der Waals surface area contributed by atoms with Crippen LogP contribution in [0.5, 0.6) is 0 Å². The molecule has 1 aromatic rings. The second kappa shape index (κ2) is 3.83. The highest BCUT2D eigenvalue weighted by Gasteiger charge is 2.06. The minimum Gasteiger partial charge on any atom is -0.388 e. The fourth-order valence-electron chi connectivity index (χ4n) is 1.16. The van der Waals surface area contributed by atoms with Gasteiger partial charge >= 0.3 is 0 Å². The van der Waals surface area contributed by atoms with Crippen molar-refractivity contribution in [3.8, 4) is 0 Å². The average molecular weight is 183 g/mol. The van der Waals surface area contributed by atoms with Crippen molar-refractivity contribution in [2.75, 3.05) is 0 Å². The van der Waals surface area contributed by atoms with Crippen LogP contribution in [-0.4, -0.2) is 10.1 Å². The number of aromatic nitrogens is 1. The quantitative estimate of drug-likeness (QED) is 0.691. The Balaban J connectivity index is 3.09. The van der Waals surface area contributed by atoms with Gasteiger partial charge in [0.05, 0.1) is 6.10 Å². The van der Waals surface area contributed by atoms with E-state index in [1.54, 1.807) is 6.20 Å². The molecule has 0 amide bonds. The van der Waals surface area contributed by atoms with Crippen molar-refractivity contribution in [1.82, 2.24) is 4.98 Å². The summed E-state index contributed by atoms with van der Waals surface area (Å²) in [6, 6.07) is 1.86. The number of hydrogen-bond acceptors (Lipinski definition) is 2. The highest BCUT2D eigenvalue weighted by molar-refractivity contribution is 7.71. The zero-order chi connectivity index (χ0) is 9.14. The molecule has 2 nitrogen and oxygen atoms in total. The van der Waals surface area contributed by atoms with Gasteiger partial charge < -0.3 is 10.1 Å². The lowest BCUT2D eigenvalue weighted by atomic mass is 10.1. The number of aliphatic hydroxyl groups is 1. The van der Waals surface area contributed by atoms with Crippen LogP contribution in [0.25, 0.3) is 0 Å². The molecule has 2 N–H and O–H groups in total. The summed E-state index contributed by atoms with van der Waals surface area (Å²) in [5.41, 5.74) is 1.99. The highest BCUT2D eigenvalue weighted by atomic mass is 32.1. The first-order chi connectivity index (χ1) is 5.65. The highest BCUT2D eigenvalue weighted by Crippen LogP contribution is 2.18. The summed E-state index contributed by atoms with van der Waals surface area (Å²) in [5.74, 6) is 0. The number of hydrogen-bond donors (Lipinski definition) is 2. The van der Waals surface area contributed by atoms with Gasteiger partial charge in [0, 0.05) is 6.20 Å². The molecule has 0 saturated heterocycles. The first-order valence-corrected chi connectivity index (χ1v) is 4.43. The summed E-state index contributed by atoms with van der Waals surface area (Å²) in [6.07, 6.45) is 2.13. The topological polar surface area (TPSA) is 36.0 Å². The number of pyridine rings is 1. The lowest BCUT2D eigenvalue weighted by molar-refractivity contribution is 0.172. The summed E-state index contributed by atoms with van der Waals surface area (Å²) >= 11 is 4.94. The molecule has 0 spiro atoms. The summed E-state index contributed by atoms with van der Waals surface area (Å²) in [6.45, 7) is 3.91. The zero-order valence-electron chi connectivity index (χ0n) is 7.29. The van der Waals surface area contributed by atoms with Crippen LogP contribution in [0.2, 0.25) is 0 Å². The first kappa shape index (κ1) is 9.42. The van der Waals surface area contributed by atoms with Gasteiger partial charge in [-0.2, -0.15) is 0 Å². The van der Waals surface area contributed by atoms with E-state index in [2.05, 4.69) is 4.98 Å². The van der Waals surface area contributed by atoms with Gasteiger partial charge in [0.25, 0.3) is 0 Å². The Morgan fingerprint density at radius 3 is 2.83 bits per heavy atom. The number of H-pyrrole nitrogens is 1. The SMILES string of the molecule is CCC(O)c1c[nH]c(=S)cc1C.